The highest BCUT2D eigenvalue weighted by atomic mass is 127. The molecule has 1 heteroatoms. The van der Waals surface area contributed by atoms with Gasteiger partial charge in [0.25, 0.3) is 0 Å². The summed E-state index contributed by atoms with van der Waals surface area (Å²) in [5, 5.41) is 0. The zero-order valence-corrected chi connectivity index (χ0v) is 9.58. The molecule has 0 amide bonds. The van der Waals surface area contributed by atoms with Crippen molar-refractivity contribution in [1.29, 1.82) is 0 Å². The van der Waals surface area contributed by atoms with E-state index < -0.39 is 0 Å². The van der Waals surface area contributed by atoms with Crippen molar-refractivity contribution in [2.75, 3.05) is 0 Å². The molecule has 12 heavy (non-hydrogen) atoms. The van der Waals surface area contributed by atoms with Crippen LogP contribution in [-0.4, -0.2) is 0 Å². The highest BCUT2D eigenvalue weighted by Crippen LogP contribution is 2.13. The second kappa shape index (κ2) is 4.65. The molecule has 0 atom stereocenters. The van der Waals surface area contributed by atoms with Crippen molar-refractivity contribution in [3.8, 4) is 0 Å². The molecule has 0 heterocycles. The highest BCUT2D eigenvalue weighted by molar-refractivity contribution is 14.1. The van der Waals surface area contributed by atoms with Gasteiger partial charge in [0, 0.05) is 3.57 Å². The van der Waals surface area contributed by atoms with Crippen LogP contribution in [0.15, 0.2) is 30.3 Å². The Morgan fingerprint density at radius 1 is 1.25 bits per heavy atom. The lowest BCUT2D eigenvalue weighted by molar-refractivity contribution is 0.836. The van der Waals surface area contributed by atoms with E-state index in [-0.39, 0.29) is 0 Å². The molecule has 1 aromatic rings. The number of halogens is 1. The maximum atomic E-state index is 2.36. The lowest BCUT2D eigenvalue weighted by Crippen LogP contribution is -1.80. The molecular weight excluding hydrogens is 259 g/mol. The van der Waals surface area contributed by atoms with E-state index in [4.69, 9.17) is 0 Å². The predicted octanol–water partition coefficient (Wildman–Crippen LogP) is 3.96. The Bertz CT molecular complexity index is 274. The lowest BCUT2D eigenvalue weighted by atomic mass is 10.1. The van der Waals surface area contributed by atoms with Gasteiger partial charge in [-0.15, -0.1) is 0 Å². The highest BCUT2D eigenvalue weighted by Gasteiger charge is 1.92. The summed E-state index contributed by atoms with van der Waals surface area (Å²) in [6, 6.07) is 8.40. The Labute approximate surface area is 87.8 Å². The van der Waals surface area contributed by atoms with Gasteiger partial charge in [-0.05, 0) is 40.1 Å². The van der Waals surface area contributed by atoms with Crippen LogP contribution < -0.4 is 0 Å². The lowest BCUT2D eigenvalue weighted by Gasteiger charge is -1.98. The standard InChI is InChI=1S/C11H13I/c1-9(2)7-8-10-5-3-4-6-11(10)12/h3-9H,1-2H3/b8-7+. The Hall–Kier alpha value is -0.310. The maximum Gasteiger partial charge on any atom is 0.0202 e. The number of hydrogen-bond acceptors (Lipinski definition) is 0. The molecule has 0 saturated heterocycles. The minimum atomic E-state index is 0.626. The number of allylic oxidation sites excluding steroid dienone is 1. The Balaban J connectivity index is 2.82. The average molecular weight is 272 g/mol. The van der Waals surface area contributed by atoms with Gasteiger partial charge in [-0.1, -0.05) is 44.2 Å². The van der Waals surface area contributed by atoms with Crippen LogP contribution in [-0.2, 0) is 0 Å². The van der Waals surface area contributed by atoms with E-state index in [9.17, 15) is 0 Å². The van der Waals surface area contributed by atoms with Crippen molar-refractivity contribution in [2.45, 2.75) is 13.8 Å². The SMILES string of the molecule is CC(C)/C=C/c1ccccc1I. The predicted molar refractivity (Wildman–Crippen MR) is 63.0 cm³/mol. The molecule has 0 aliphatic heterocycles. The quantitative estimate of drug-likeness (QED) is 0.715. The van der Waals surface area contributed by atoms with Gasteiger partial charge in [-0.3, -0.25) is 0 Å². The molecule has 0 unspecified atom stereocenters. The van der Waals surface area contributed by atoms with Crippen molar-refractivity contribution in [3.05, 3.63) is 39.5 Å². The van der Waals surface area contributed by atoms with Crippen LogP contribution in [0.25, 0.3) is 6.08 Å². The molecule has 0 aromatic heterocycles. The van der Waals surface area contributed by atoms with Crippen molar-refractivity contribution >= 4 is 28.7 Å². The first-order valence-corrected chi connectivity index (χ1v) is 5.21. The van der Waals surface area contributed by atoms with Gasteiger partial charge in [0.1, 0.15) is 0 Å². The summed E-state index contributed by atoms with van der Waals surface area (Å²) in [6.45, 7) is 4.37. The summed E-state index contributed by atoms with van der Waals surface area (Å²) in [5.41, 5.74) is 1.31. The first-order chi connectivity index (χ1) is 5.70. The van der Waals surface area contributed by atoms with Gasteiger partial charge in [-0.2, -0.15) is 0 Å². The molecule has 0 radical (unpaired) electrons. The van der Waals surface area contributed by atoms with Crippen molar-refractivity contribution in [2.24, 2.45) is 5.92 Å². The Kier molecular flexibility index (Phi) is 3.79. The summed E-state index contributed by atoms with van der Waals surface area (Å²) in [4.78, 5) is 0. The zero-order chi connectivity index (χ0) is 8.97. The molecule has 0 fully saturated rings. The third-order valence-corrected chi connectivity index (χ3v) is 2.55. The van der Waals surface area contributed by atoms with Crippen LogP contribution >= 0.6 is 22.6 Å². The molecule has 1 rings (SSSR count). The minimum absolute atomic E-state index is 0.626. The first-order valence-electron chi connectivity index (χ1n) is 4.13. The molecule has 0 N–H and O–H groups in total. The first kappa shape index (κ1) is 9.78. The second-order valence-corrected chi connectivity index (χ2v) is 4.29. The fraction of sp³-hybridized carbons (Fsp3) is 0.273. The summed E-state index contributed by atoms with van der Waals surface area (Å²) >= 11 is 2.36. The maximum absolute atomic E-state index is 2.36. The number of benzene rings is 1. The second-order valence-electron chi connectivity index (χ2n) is 3.12. The van der Waals surface area contributed by atoms with Gasteiger partial charge in [-0.25, -0.2) is 0 Å². The van der Waals surface area contributed by atoms with E-state index in [1.165, 1.54) is 9.13 Å². The van der Waals surface area contributed by atoms with E-state index in [1.807, 2.05) is 0 Å². The molecule has 0 spiro atoms. The molecule has 0 aliphatic carbocycles. The fourth-order valence-corrected chi connectivity index (χ4v) is 1.47. The van der Waals surface area contributed by atoms with Gasteiger partial charge in [0.15, 0.2) is 0 Å². The summed E-state index contributed by atoms with van der Waals surface area (Å²) in [5.74, 6) is 0.626. The van der Waals surface area contributed by atoms with Crippen molar-refractivity contribution in [3.63, 3.8) is 0 Å². The third kappa shape index (κ3) is 2.97. The van der Waals surface area contributed by atoms with E-state index in [0.717, 1.165) is 0 Å². The van der Waals surface area contributed by atoms with Gasteiger partial charge >= 0.3 is 0 Å². The topological polar surface area (TPSA) is 0 Å². The van der Waals surface area contributed by atoms with E-state index in [1.54, 1.807) is 0 Å². The molecule has 0 saturated carbocycles. The van der Waals surface area contributed by atoms with Crippen LogP contribution in [0.4, 0.5) is 0 Å². The minimum Gasteiger partial charge on any atom is -0.0813 e. The van der Waals surface area contributed by atoms with Crippen LogP contribution in [0.2, 0.25) is 0 Å². The third-order valence-electron chi connectivity index (χ3n) is 1.57. The Morgan fingerprint density at radius 2 is 1.92 bits per heavy atom. The smallest absolute Gasteiger partial charge is 0.0202 e. The monoisotopic (exact) mass is 272 g/mol. The zero-order valence-electron chi connectivity index (χ0n) is 7.42. The molecule has 0 bridgehead atoms. The summed E-state index contributed by atoms with van der Waals surface area (Å²) in [7, 11) is 0. The van der Waals surface area contributed by atoms with Gasteiger partial charge in [0.2, 0.25) is 0 Å². The van der Waals surface area contributed by atoms with Crippen molar-refractivity contribution < 1.29 is 0 Å². The number of rotatable bonds is 2. The van der Waals surface area contributed by atoms with E-state index in [2.05, 4.69) is 72.9 Å². The van der Waals surface area contributed by atoms with Crippen LogP contribution in [0.5, 0.6) is 0 Å². The van der Waals surface area contributed by atoms with Gasteiger partial charge < -0.3 is 0 Å². The molecule has 0 nitrogen and oxygen atoms in total. The van der Waals surface area contributed by atoms with E-state index in [0.29, 0.717) is 5.92 Å². The average Bonchev–Trinajstić information content (AvgIpc) is 2.03. The normalized spacial score (nSPS) is 11.3. The number of hydrogen-bond donors (Lipinski definition) is 0. The summed E-state index contributed by atoms with van der Waals surface area (Å²) in [6.07, 6.45) is 4.41. The largest absolute Gasteiger partial charge is 0.0813 e. The van der Waals surface area contributed by atoms with Crippen molar-refractivity contribution in [1.82, 2.24) is 0 Å². The summed E-state index contributed by atoms with van der Waals surface area (Å²) < 4.78 is 1.31. The molecule has 1 aromatic carbocycles. The molecule has 64 valence electrons. The fourth-order valence-electron chi connectivity index (χ4n) is 0.906. The van der Waals surface area contributed by atoms with Gasteiger partial charge in [0.05, 0.1) is 0 Å². The van der Waals surface area contributed by atoms with E-state index >= 15 is 0 Å². The molecular formula is C11H13I. The Morgan fingerprint density at radius 3 is 2.50 bits per heavy atom. The van der Waals surface area contributed by atoms with Crippen LogP contribution in [0.3, 0.4) is 0 Å². The van der Waals surface area contributed by atoms with Crippen LogP contribution in [0, 0.1) is 9.49 Å². The van der Waals surface area contributed by atoms with Crippen LogP contribution in [0.1, 0.15) is 19.4 Å². The molecule has 0 aliphatic rings.